The number of halogens is 4. The van der Waals surface area contributed by atoms with Gasteiger partial charge in [0.25, 0.3) is 12.3 Å². The number of β-amino-alcohol motifs (C(OH)–C–C–N with tert-alkyl or cyclic N) is 1. The number of benzene rings is 1. The topological polar surface area (TPSA) is 88.8 Å². The van der Waals surface area contributed by atoms with Crippen molar-refractivity contribution in [3.63, 3.8) is 0 Å². The third kappa shape index (κ3) is 6.20. The number of aromatic nitrogens is 2. The summed E-state index contributed by atoms with van der Waals surface area (Å²) in [6.07, 6.45) is 4.89. The molecule has 0 saturated carbocycles. The van der Waals surface area contributed by atoms with Gasteiger partial charge >= 0.3 is 6.61 Å². The van der Waals surface area contributed by atoms with Crippen molar-refractivity contribution in [2.45, 2.75) is 44.3 Å². The maximum Gasteiger partial charge on any atom is 0.387 e. The van der Waals surface area contributed by atoms with Crippen LogP contribution >= 0.6 is 0 Å². The summed E-state index contributed by atoms with van der Waals surface area (Å²) in [5.74, 6) is -0.823. The summed E-state index contributed by atoms with van der Waals surface area (Å²) in [5, 5.41) is 9.85. The van der Waals surface area contributed by atoms with Crippen LogP contribution < -0.4 is 14.2 Å². The van der Waals surface area contributed by atoms with E-state index in [4.69, 9.17) is 9.47 Å². The number of piperidine rings is 1. The summed E-state index contributed by atoms with van der Waals surface area (Å²) < 4.78 is 70.5. The molecule has 2 aliphatic heterocycles. The number of rotatable bonds is 11. The van der Waals surface area contributed by atoms with Crippen molar-refractivity contribution in [1.29, 1.82) is 0 Å². The van der Waals surface area contributed by atoms with Crippen LogP contribution in [0.4, 0.5) is 17.6 Å². The van der Waals surface area contributed by atoms with Gasteiger partial charge in [-0.1, -0.05) is 6.42 Å². The van der Waals surface area contributed by atoms with E-state index in [-0.39, 0.29) is 11.3 Å². The van der Waals surface area contributed by atoms with Crippen LogP contribution in [0.1, 0.15) is 36.0 Å². The molecule has 9 nitrogen and oxygen atoms in total. The number of pyridine rings is 1. The first-order valence-corrected chi connectivity index (χ1v) is 13.5. The highest BCUT2D eigenvalue weighted by molar-refractivity contribution is 6.01. The Morgan fingerprint density at radius 3 is 2.51 bits per heavy atom. The number of ether oxygens (including phenoxy) is 3. The standard InChI is InChI=1S/C28H32F4N4O5/c1-39-21-12-18(13-22(41-27(31)32)24(21)25(37)35-16-28(38,17-35)26(29)30)20-15-33-23-14-19(6-10-36(20)23)40-11-5-9-34-7-3-2-4-8-34/h6,10,12-15,26-27,38H,2-5,7-9,11,16-17H2,1H3. The van der Waals surface area contributed by atoms with E-state index in [0.717, 1.165) is 31.0 Å². The van der Waals surface area contributed by atoms with Gasteiger partial charge in [0.2, 0.25) is 0 Å². The maximum atomic E-state index is 13.4. The predicted molar refractivity (Wildman–Crippen MR) is 141 cm³/mol. The van der Waals surface area contributed by atoms with Gasteiger partial charge in [-0.15, -0.1) is 0 Å². The van der Waals surface area contributed by atoms with Crippen LogP contribution in [0.15, 0.2) is 36.7 Å². The number of amides is 1. The lowest BCUT2D eigenvalue weighted by atomic mass is 9.93. The number of nitrogens with zero attached hydrogens (tertiary/aromatic N) is 4. The van der Waals surface area contributed by atoms with Gasteiger partial charge in [-0.2, -0.15) is 8.78 Å². The molecule has 2 aliphatic rings. The van der Waals surface area contributed by atoms with E-state index in [1.54, 1.807) is 22.7 Å². The molecular formula is C28H32F4N4O5. The number of hydrogen-bond acceptors (Lipinski definition) is 7. The summed E-state index contributed by atoms with van der Waals surface area (Å²) in [6, 6.07) is 6.25. The first kappa shape index (κ1) is 28.9. The molecule has 2 fully saturated rings. The molecule has 1 N–H and O–H groups in total. The molecule has 0 bridgehead atoms. The molecule has 1 aromatic carbocycles. The van der Waals surface area contributed by atoms with Gasteiger partial charge in [-0.3, -0.25) is 9.20 Å². The van der Waals surface area contributed by atoms with Crippen molar-refractivity contribution in [1.82, 2.24) is 19.2 Å². The third-order valence-electron chi connectivity index (χ3n) is 7.46. The van der Waals surface area contributed by atoms with E-state index in [2.05, 4.69) is 14.6 Å². The van der Waals surface area contributed by atoms with Crippen LogP contribution in [-0.4, -0.2) is 95.3 Å². The first-order valence-electron chi connectivity index (χ1n) is 13.5. The molecule has 0 aliphatic carbocycles. The molecule has 3 aromatic rings. The Bertz CT molecular complexity index is 1370. The highest BCUT2D eigenvalue weighted by Crippen LogP contribution is 2.39. The minimum absolute atomic E-state index is 0.0979. The van der Waals surface area contributed by atoms with Crippen LogP contribution in [0.2, 0.25) is 0 Å². The fourth-order valence-corrected chi connectivity index (χ4v) is 5.28. The second-order valence-electron chi connectivity index (χ2n) is 10.3. The number of fused-ring (bicyclic) bond motifs is 1. The number of alkyl halides is 4. The molecule has 0 unspecified atom stereocenters. The third-order valence-corrected chi connectivity index (χ3v) is 7.46. The summed E-state index contributed by atoms with van der Waals surface area (Å²) in [7, 11) is 1.25. The molecule has 2 aromatic heterocycles. The quantitative estimate of drug-likeness (QED) is 0.267. The van der Waals surface area contributed by atoms with Gasteiger partial charge < -0.3 is 29.1 Å². The van der Waals surface area contributed by atoms with Crippen LogP contribution in [-0.2, 0) is 0 Å². The molecule has 0 spiro atoms. The lowest BCUT2D eigenvalue weighted by Gasteiger charge is -2.45. The first-order chi connectivity index (χ1) is 19.7. The normalized spacial score (nSPS) is 17.2. The smallest absolute Gasteiger partial charge is 0.387 e. The molecular weight excluding hydrogens is 548 g/mol. The van der Waals surface area contributed by atoms with Gasteiger partial charge in [0.15, 0.2) is 5.60 Å². The fourth-order valence-electron chi connectivity index (χ4n) is 5.28. The van der Waals surface area contributed by atoms with E-state index < -0.39 is 43.4 Å². The number of aliphatic hydroxyl groups is 1. The predicted octanol–water partition coefficient (Wildman–Crippen LogP) is 4.32. The van der Waals surface area contributed by atoms with Crippen molar-refractivity contribution in [2.24, 2.45) is 0 Å². The average Bonchev–Trinajstić information content (AvgIpc) is 3.36. The molecule has 13 heteroatoms. The number of methoxy groups -OCH3 is 1. The number of carbonyl (C=O) groups is 1. The monoisotopic (exact) mass is 580 g/mol. The Kier molecular flexibility index (Phi) is 8.55. The van der Waals surface area contributed by atoms with Crippen LogP contribution in [0.25, 0.3) is 16.9 Å². The van der Waals surface area contributed by atoms with Gasteiger partial charge in [0.1, 0.15) is 28.5 Å². The molecule has 4 heterocycles. The van der Waals surface area contributed by atoms with Gasteiger partial charge in [-0.25, -0.2) is 13.8 Å². The summed E-state index contributed by atoms with van der Waals surface area (Å²) in [5.41, 5.74) is -1.29. The van der Waals surface area contributed by atoms with Crippen LogP contribution in [0.3, 0.4) is 0 Å². The van der Waals surface area contributed by atoms with Crippen molar-refractivity contribution in [3.8, 4) is 28.5 Å². The average molecular weight is 581 g/mol. The largest absolute Gasteiger partial charge is 0.496 e. The summed E-state index contributed by atoms with van der Waals surface area (Å²) in [4.78, 5) is 20.9. The molecule has 5 rings (SSSR count). The summed E-state index contributed by atoms with van der Waals surface area (Å²) in [6.45, 7) is -0.763. The molecule has 0 radical (unpaired) electrons. The lowest BCUT2D eigenvalue weighted by Crippen LogP contribution is -2.67. The Morgan fingerprint density at radius 2 is 1.83 bits per heavy atom. The second-order valence-corrected chi connectivity index (χ2v) is 10.3. The van der Waals surface area contributed by atoms with E-state index >= 15 is 0 Å². The Labute approximate surface area is 234 Å². The minimum atomic E-state index is -3.27. The number of likely N-dealkylation sites (tertiary alicyclic amines) is 2. The number of hydrogen-bond donors (Lipinski definition) is 1. The van der Waals surface area contributed by atoms with E-state index in [0.29, 0.717) is 29.3 Å². The number of imidazole rings is 1. The molecule has 1 amide bonds. The van der Waals surface area contributed by atoms with E-state index in [1.165, 1.54) is 44.7 Å². The Hall–Kier alpha value is -3.58. The lowest BCUT2D eigenvalue weighted by molar-refractivity contribution is -0.166. The number of carbonyl (C=O) groups excluding carboxylic acids is 1. The zero-order valence-electron chi connectivity index (χ0n) is 22.6. The molecule has 41 heavy (non-hydrogen) atoms. The van der Waals surface area contributed by atoms with Crippen molar-refractivity contribution < 1.29 is 41.7 Å². The Balaban J connectivity index is 1.35. The van der Waals surface area contributed by atoms with Gasteiger partial charge in [-0.05, 0) is 50.6 Å². The second kappa shape index (κ2) is 12.1. The zero-order chi connectivity index (χ0) is 29.1. The van der Waals surface area contributed by atoms with E-state index in [1.807, 2.05) is 0 Å². The highest BCUT2D eigenvalue weighted by Gasteiger charge is 2.51. The van der Waals surface area contributed by atoms with Crippen LogP contribution in [0, 0.1) is 0 Å². The highest BCUT2D eigenvalue weighted by atomic mass is 19.3. The van der Waals surface area contributed by atoms with Crippen molar-refractivity contribution in [3.05, 3.63) is 42.2 Å². The molecule has 2 saturated heterocycles. The molecule has 222 valence electrons. The molecule has 0 atom stereocenters. The zero-order valence-corrected chi connectivity index (χ0v) is 22.6. The minimum Gasteiger partial charge on any atom is -0.496 e. The fraction of sp³-hybridized carbons (Fsp3) is 0.500. The van der Waals surface area contributed by atoms with Crippen molar-refractivity contribution in [2.75, 3.05) is 46.4 Å². The van der Waals surface area contributed by atoms with Crippen molar-refractivity contribution >= 4 is 11.6 Å². The SMILES string of the molecule is COc1cc(-c2cnc3cc(OCCCN4CCCCC4)ccn23)cc(OC(F)F)c1C(=O)N1CC(O)(C(F)F)C1. The van der Waals surface area contributed by atoms with Gasteiger partial charge in [0, 0.05) is 24.4 Å². The Morgan fingerprint density at radius 1 is 1.10 bits per heavy atom. The van der Waals surface area contributed by atoms with Gasteiger partial charge in [0.05, 0.1) is 38.7 Å². The van der Waals surface area contributed by atoms with E-state index in [9.17, 15) is 27.5 Å². The van der Waals surface area contributed by atoms with Crippen LogP contribution in [0.5, 0.6) is 17.2 Å². The summed E-state index contributed by atoms with van der Waals surface area (Å²) >= 11 is 0. The maximum absolute atomic E-state index is 13.4.